The van der Waals surface area contributed by atoms with E-state index in [2.05, 4.69) is 20.0 Å². The topological polar surface area (TPSA) is 69.9 Å². The molecule has 0 aliphatic rings. The number of hydrogen-bond acceptors (Lipinski definition) is 2. The number of H-pyrrole nitrogens is 2. The number of nitrogens with one attached hydrogen (secondary N) is 3. The maximum Gasteiger partial charge on any atom is 0.573 e. The number of aryl methyl sites for hydroxylation is 2. The van der Waals surface area contributed by atoms with E-state index in [-0.39, 0.29) is 17.5 Å². The van der Waals surface area contributed by atoms with Gasteiger partial charge in [-0.1, -0.05) is 30.3 Å². The van der Waals surface area contributed by atoms with Crippen LogP contribution in [0.25, 0.3) is 32.9 Å². The van der Waals surface area contributed by atoms with Gasteiger partial charge in [-0.05, 0) is 72.9 Å². The lowest BCUT2D eigenvalue weighted by Gasteiger charge is -2.10. The van der Waals surface area contributed by atoms with Gasteiger partial charge in [0, 0.05) is 28.5 Å². The van der Waals surface area contributed by atoms with Crippen LogP contribution < -0.4 is 10.1 Å². The van der Waals surface area contributed by atoms with Gasteiger partial charge in [-0.15, -0.1) is 13.2 Å². The van der Waals surface area contributed by atoms with Gasteiger partial charge < -0.3 is 20.0 Å². The molecule has 0 unspecified atom stereocenters. The fraction of sp³-hybridized carbons (Fsp3) is 0.179. The second kappa shape index (κ2) is 9.31. The lowest BCUT2D eigenvalue weighted by Crippen LogP contribution is -2.26. The fourth-order valence-electron chi connectivity index (χ4n) is 4.65. The zero-order chi connectivity index (χ0) is 26.3. The van der Waals surface area contributed by atoms with Crippen molar-refractivity contribution in [3.63, 3.8) is 0 Å². The normalized spacial score (nSPS) is 11.8. The van der Waals surface area contributed by atoms with Crippen molar-refractivity contribution in [2.24, 2.45) is 0 Å². The predicted molar refractivity (Wildman–Crippen MR) is 134 cm³/mol. The fourth-order valence-corrected chi connectivity index (χ4v) is 4.65. The summed E-state index contributed by atoms with van der Waals surface area (Å²) < 4.78 is 55.9. The molecule has 0 aliphatic heterocycles. The minimum absolute atomic E-state index is 0.293. The molecule has 5 rings (SSSR count). The maximum atomic E-state index is 14.2. The highest BCUT2D eigenvalue weighted by Gasteiger charge is 2.31. The van der Waals surface area contributed by atoms with E-state index in [0.717, 1.165) is 27.6 Å². The average molecular weight is 510 g/mol. The van der Waals surface area contributed by atoms with Gasteiger partial charge >= 0.3 is 6.36 Å². The first-order valence-corrected chi connectivity index (χ1v) is 11.6. The summed E-state index contributed by atoms with van der Waals surface area (Å²) in [5, 5.41) is 4.53. The monoisotopic (exact) mass is 509 g/mol. The molecule has 9 heteroatoms. The van der Waals surface area contributed by atoms with Crippen molar-refractivity contribution in [1.29, 1.82) is 0 Å². The Morgan fingerprint density at radius 3 is 2.54 bits per heavy atom. The zero-order valence-corrected chi connectivity index (χ0v) is 20.0. The van der Waals surface area contributed by atoms with Crippen molar-refractivity contribution in [1.82, 2.24) is 15.3 Å². The van der Waals surface area contributed by atoms with Crippen LogP contribution in [0.15, 0.2) is 60.7 Å². The molecule has 2 heterocycles. The number of carbonyl (C=O) groups excluding carboxylic acids is 1. The Balaban J connectivity index is 1.31. The van der Waals surface area contributed by atoms with Gasteiger partial charge in [0.15, 0.2) is 0 Å². The van der Waals surface area contributed by atoms with Crippen LogP contribution in [0.4, 0.5) is 17.6 Å². The molecule has 190 valence electrons. The third-order valence-corrected chi connectivity index (χ3v) is 6.36. The second-order valence-corrected chi connectivity index (χ2v) is 8.91. The molecule has 0 saturated heterocycles. The van der Waals surface area contributed by atoms with Crippen LogP contribution in [0.1, 0.15) is 27.3 Å². The highest BCUT2D eigenvalue weighted by Crippen LogP contribution is 2.30. The Morgan fingerprint density at radius 2 is 1.76 bits per heavy atom. The van der Waals surface area contributed by atoms with Crippen molar-refractivity contribution >= 4 is 27.7 Å². The summed E-state index contributed by atoms with van der Waals surface area (Å²) in [5.74, 6) is -0.908. The molecule has 1 amide bonds. The van der Waals surface area contributed by atoms with Crippen LogP contribution in [0.5, 0.6) is 5.75 Å². The van der Waals surface area contributed by atoms with E-state index in [1.54, 1.807) is 36.4 Å². The van der Waals surface area contributed by atoms with Crippen molar-refractivity contribution in [3.8, 4) is 16.9 Å². The number of aromatic nitrogens is 2. The molecule has 0 aliphatic carbocycles. The molecule has 3 N–H and O–H groups in total. The highest BCUT2D eigenvalue weighted by molar-refractivity contribution is 5.99. The average Bonchev–Trinajstić information content (AvgIpc) is 3.42. The van der Waals surface area contributed by atoms with E-state index < -0.39 is 6.36 Å². The van der Waals surface area contributed by atoms with E-state index in [0.29, 0.717) is 40.8 Å². The highest BCUT2D eigenvalue weighted by atomic mass is 19.4. The molecule has 0 saturated carbocycles. The smallest absolute Gasteiger partial charge is 0.406 e. The Bertz CT molecular complexity index is 1630. The number of benzene rings is 3. The lowest BCUT2D eigenvalue weighted by molar-refractivity contribution is -0.274. The number of carbonyl (C=O) groups is 1. The summed E-state index contributed by atoms with van der Waals surface area (Å²) in [6.07, 6.45) is -4.24. The van der Waals surface area contributed by atoms with E-state index in [9.17, 15) is 22.4 Å². The first kappa shape index (κ1) is 24.4. The van der Waals surface area contributed by atoms with Gasteiger partial charge in [0.05, 0.1) is 5.52 Å². The number of alkyl halides is 3. The number of rotatable bonds is 6. The van der Waals surface area contributed by atoms with Crippen LogP contribution in [0, 0.1) is 19.7 Å². The van der Waals surface area contributed by atoms with Crippen molar-refractivity contribution in [2.75, 3.05) is 6.54 Å². The van der Waals surface area contributed by atoms with Gasteiger partial charge in [-0.3, -0.25) is 4.79 Å². The third kappa shape index (κ3) is 5.02. The first-order valence-electron chi connectivity index (χ1n) is 11.6. The molecule has 3 aromatic carbocycles. The summed E-state index contributed by atoms with van der Waals surface area (Å²) in [5.41, 5.74) is 5.51. The zero-order valence-electron chi connectivity index (χ0n) is 20.0. The lowest BCUT2D eigenvalue weighted by atomic mass is 10.0. The van der Waals surface area contributed by atoms with Crippen LogP contribution >= 0.6 is 0 Å². The minimum atomic E-state index is -4.77. The summed E-state index contributed by atoms with van der Waals surface area (Å²) in [4.78, 5) is 19.0. The molecule has 0 radical (unpaired) electrons. The quantitative estimate of drug-likeness (QED) is 0.217. The summed E-state index contributed by atoms with van der Waals surface area (Å²) >= 11 is 0. The largest absolute Gasteiger partial charge is 0.573 e. The minimum Gasteiger partial charge on any atom is -0.406 e. The second-order valence-electron chi connectivity index (χ2n) is 8.91. The first-order chi connectivity index (χ1) is 17.6. The predicted octanol–water partition coefficient (Wildman–Crippen LogP) is 6.94. The molecular weight excluding hydrogens is 486 g/mol. The summed E-state index contributed by atoms with van der Waals surface area (Å²) in [7, 11) is 0. The standard InChI is InChI=1S/C28H23F4N3O2/c1-15-6-9-22(29)26-25(15)21(16(2)34-26)10-11-33-27(36)24-14-19-8-7-18(13-23(19)35-24)17-4-3-5-20(12-17)37-28(30,31)32/h3-9,12-14,34-35H,10-11H2,1-2H3,(H,33,36). The Kier molecular flexibility index (Phi) is 6.15. The molecule has 0 spiro atoms. The molecular formula is C28H23F4N3O2. The van der Waals surface area contributed by atoms with Gasteiger partial charge in [-0.25, -0.2) is 4.39 Å². The SMILES string of the molecule is Cc1[nH]c2c(F)ccc(C)c2c1CCNC(=O)c1cc2ccc(-c3cccc(OC(F)(F)F)c3)cc2[nH]1. The molecule has 0 fully saturated rings. The van der Waals surface area contributed by atoms with Crippen molar-refractivity contribution in [3.05, 3.63) is 89.0 Å². The molecule has 5 aromatic rings. The molecule has 2 aromatic heterocycles. The van der Waals surface area contributed by atoms with Gasteiger partial charge in [0.2, 0.25) is 0 Å². The van der Waals surface area contributed by atoms with Crippen LogP contribution in [-0.4, -0.2) is 28.8 Å². The maximum absolute atomic E-state index is 14.2. The Labute approximate surface area is 209 Å². The van der Waals surface area contributed by atoms with Gasteiger partial charge in [0.25, 0.3) is 5.91 Å². The van der Waals surface area contributed by atoms with Crippen LogP contribution in [-0.2, 0) is 6.42 Å². The third-order valence-electron chi connectivity index (χ3n) is 6.36. The summed E-state index contributed by atoms with van der Waals surface area (Å²) in [6, 6.07) is 15.9. The Hall–Kier alpha value is -4.27. The Morgan fingerprint density at radius 1 is 0.973 bits per heavy atom. The number of ether oxygens (including phenoxy) is 1. The number of halogens is 4. The van der Waals surface area contributed by atoms with E-state index in [4.69, 9.17) is 0 Å². The van der Waals surface area contributed by atoms with Gasteiger partial charge in [-0.2, -0.15) is 0 Å². The molecule has 0 atom stereocenters. The molecule has 0 bridgehead atoms. The number of hydrogen-bond donors (Lipinski definition) is 3. The molecule has 5 nitrogen and oxygen atoms in total. The number of fused-ring (bicyclic) bond motifs is 2. The van der Waals surface area contributed by atoms with Crippen LogP contribution in [0.2, 0.25) is 0 Å². The van der Waals surface area contributed by atoms with E-state index in [1.807, 2.05) is 13.8 Å². The van der Waals surface area contributed by atoms with Crippen molar-refractivity contribution in [2.45, 2.75) is 26.6 Å². The van der Waals surface area contributed by atoms with Crippen LogP contribution in [0.3, 0.4) is 0 Å². The molecule has 37 heavy (non-hydrogen) atoms. The number of amides is 1. The number of aromatic amines is 2. The van der Waals surface area contributed by atoms with Gasteiger partial charge in [0.1, 0.15) is 17.3 Å². The van der Waals surface area contributed by atoms with Crippen molar-refractivity contribution < 1.29 is 27.1 Å². The summed E-state index contributed by atoms with van der Waals surface area (Å²) in [6.45, 7) is 4.17. The van der Waals surface area contributed by atoms with E-state index >= 15 is 0 Å². The van der Waals surface area contributed by atoms with E-state index in [1.165, 1.54) is 24.3 Å².